The van der Waals surface area contributed by atoms with Crippen LogP contribution in [0.1, 0.15) is 25.0 Å². The zero-order chi connectivity index (χ0) is 11.6. The first-order chi connectivity index (χ1) is 6.83. The summed E-state index contributed by atoms with van der Waals surface area (Å²) in [6.45, 7) is 3.62. The van der Waals surface area contributed by atoms with E-state index in [2.05, 4.69) is 0 Å². The lowest BCUT2D eigenvalue weighted by atomic mass is 9.95. The van der Waals surface area contributed by atoms with Gasteiger partial charge in [-0.15, -0.1) is 0 Å². The summed E-state index contributed by atoms with van der Waals surface area (Å²) in [4.78, 5) is 0. The lowest BCUT2D eigenvalue weighted by molar-refractivity contribution is 0.428. The van der Waals surface area contributed by atoms with E-state index < -0.39 is 17.1 Å². The van der Waals surface area contributed by atoms with Gasteiger partial charge in [-0.3, -0.25) is 0 Å². The number of nitrogens with zero attached hydrogens (tertiary/aromatic N) is 1. The van der Waals surface area contributed by atoms with E-state index in [0.717, 1.165) is 0 Å². The van der Waals surface area contributed by atoms with Crippen molar-refractivity contribution in [1.29, 1.82) is 5.26 Å². The van der Waals surface area contributed by atoms with Gasteiger partial charge in [0.1, 0.15) is 6.07 Å². The monoisotopic (exact) mass is 208 g/mol. The van der Waals surface area contributed by atoms with Gasteiger partial charge in [0.25, 0.3) is 0 Å². The van der Waals surface area contributed by atoms with Crippen molar-refractivity contribution in [2.75, 3.05) is 0 Å². The highest BCUT2D eigenvalue weighted by atomic mass is 19.1. The highest BCUT2D eigenvalue weighted by Gasteiger charge is 2.15. The number of hydrogen-bond donors (Lipinski definition) is 2. The smallest absolute Gasteiger partial charge is 0.169 e. The molecule has 0 saturated carbocycles. The second-order valence-corrected chi connectivity index (χ2v) is 4.25. The van der Waals surface area contributed by atoms with Gasteiger partial charge in [0.15, 0.2) is 11.6 Å². The molecular formula is C11H13FN2O. The third kappa shape index (κ3) is 2.93. The summed E-state index contributed by atoms with van der Waals surface area (Å²) in [6, 6.07) is 4.38. The molecule has 0 aromatic heterocycles. The quantitative estimate of drug-likeness (QED) is 0.776. The molecule has 0 saturated heterocycles. The molecule has 0 radical (unpaired) electrons. The molecule has 0 bridgehead atoms. The first-order valence-electron chi connectivity index (χ1n) is 4.54. The van der Waals surface area contributed by atoms with Crippen molar-refractivity contribution in [2.45, 2.75) is 25.8 Å². The van der Waals surface area contributed by atoms with Crippen LogP contribution in [0.2, 0.25) is 0 Å². The van der Waals surface area contributed by atoms with Crippen molar-refractivity contribution in [3.63, 3.8) is 0 Å². The Bertz CT molecular complexity index is 416. The molecule has 0 fully saturated rings. The maximum atomic E-state index is 13.2. The van der Waals surface area contributed by atoms with Crippen LogP contribution in [0.25, 0.3) is 0 Å². The van der Waals surface area contributed by atoms with Gasteiger partial charge in [0.05, 0.1) is 5.56 Å². The van der Waals surface area contributed by atoms with Crippen molar-refractivity contribution < 1.29 is 9.50 Å². The minimum atomic E-state index is -0.784. The molecule has 3 nitrogen and oxygen atoms in total. The number of aromatic hydroxyl groups is 1. The fourth-order valence-corrected chi connectivity index (χ4v) is 1.37. The summed E-state index contributed by atoms with van der Waals surface area (Å²) in [5, 5.41) is 17.8. The number of nitriles is 1. The average Bonchev–Trinajstić information content (AvgIpc) is 2.08. The van der Waals surface area contributed by atoms with Gasteiger partial charge < -0.3 is 10.8 Å². The predicted octanol–water partition coefficient (Wildman–Crippen LogP) is 1.68. The Morgan fingerprint density at radius 3 is 2.60 bits per heavy atom. The zero-order valence-electron chi connectivity index (χ0n) is 8.71. The Morgan fingerprint density at radius 2 is 2.13 bits per heavy atom. The third-order valence-electron chi connectivity index (χ3n) is 1.90. The highest BCUT2D eigenvalue weighted by Crippen LogP contribution is 2.23. The number of halogens is 1. The fraction of sp³-hybridized carbons (Fsp3) is 0.364. The number of hydrogen-bond acceptors (Lipinski definition) is 3. The standard InChI is InChI=1S/C11H13FN2O/c1-11(2,14)5-7-3-8(6-13)10(15)9(12)4-7/h3-4,15H,5,14H2,1-2H3. The molecule has 1 aromatic rings. The maximum Gasteiger partial charge on any atom is 0.169 e. The predicted molar refractivity (Wildman–Crippen MR) is 54.8 cm³/mol. The second-order valence-electron chi connectivity index (χ2n) is 4.25. The molecule has 3 N–H and O–H groups in total. The van der Waals surface area contributed by atoms with Crippen LogP contribution in [0.3, 0.4) is 0 Å². The average molecular weight is 208 g/mol. The zero-order valence-corrected chi connectivity index (χ0v) is 8.71. The maximum absolute atomic E-state index is 13.2. The van der Waals surface area contributed by atoms with Crippen LogP contribution in [0.5, 0.6) is 5.75 Å². The number of nitrogens with two attached hydrogens (primary N) is 1. The van der Waals surface area contributed by atoms with Crippen LogP contribution in [-0.2, 0) is 6.42 Å². The van der Waals surface area contributed by atoms with E-state index in [1.165, 1.54) is 12.1 Å². The van der Waals surface area contributed by atoms with Crippen LogP contribution in [0.4, 0.5) is 4.39 Å². The van der Waals surface area contributed by atoms with Gasteiger partial charge >= 0.3 is 0 Å². The lowest BCUT2D eigenvalue weighted by Crippen LogP contribution is -2.34. The minimum Gasteiger partial charge on any atom is -0.504 e. The summed E-state index contributed by atoms with van der Waals surface area (Å²) in [7, 11) is 0. The van der Waals surface area contributed by atoms with Crippen LogP contribution >= 0.6 is 0 Å². The topological polar surface area (TPSA) is 70.0 Å². The summed E-state index contributed by atoms with van der Waals surface area (Å²) < 4.78 is 13.2. The molecule has 1 rings (SSSR count). The van der Waals surface area contributed by atoms with Gasteiger partial charge in [-0.2, -0.15) is 5.26 Å². The van der Waals surface area contributed by atoms with E-state index in [0.29, 0.717) is 12.0 Å². The Kier molecular flexibility index (Phi) is 2.96. The Morgan fingerprint density at radius 1 is 1.53 bits per heavy atom. The van der Waals surface area contributed by atoms with Crippen molar-refractivity contribution in [3.05, 3.63) is 29.1 Å². The van der Waals surface area contributed by atoms with Gasteiger partial charge in [0.2, 0.25) is 0 Å². The summed E-state index contributed by atoms with van der Waals surface area (Å²) in [6.07, 6.45) is 0.443. The van der Waals surface area contributed by atoms with Crippen LogP contribution < -0.4 is 5.73 Å². The molecule has 0 unspecified atom stereocenters. The fourth-order valence-electron chi connectivity index (χ4n) is 1.37. The van der Waals surface area contributed by atoms with Gasteiger partial charge in [-0.05, 0) is 38.0 Å². The lowest BCUT2D eigenvalue weighted by Gasteiger charge is -2.18. The van der Waals surface area contributed by atoms with Crippen molar-refractivity contribution >= 4 is 0 Å². The molecule has 4 heteroatoms. The Balaban J connectivity index is 3.13. The highest BCUT2D eigenvalue weighted by molar-refractivity contribution is 5.45. The second kappa shape index (κ2) is 3.87. The van der Waals surface area contributed by atoms with Crippen molar-refractivity contribution in [2.24, 2.45) is 5.73 Å². The van der Waals surface area contributed by atoms with Gasteiger partial charge in [0, 0.05) is 5.54 Å². The normalized spacial score (nSPS) is 11.1. The number of phenols is 1. The van der Waals surface area contributed by atoms with Crippen LogP contribution in [-0.4, -0.2) is 10.6 Å². The molecule has 0 atom stereocenters. The van der Waals surface area contributed by atoms with Crippen molar-refractivity contribution in [1.82, 2.24) is 0 Å². The van der Waals surface area contributed by atoms with Gasteiger partial charge in [-0.1, -0.05) is 0 Å². The van der Waals surface area contributed by atoms with E-state index in [1.807, 2.05) is 13.8 Å². The number of benzene rings is 1. The van der Waals surface area contributed by atoms with E-state index in [-0.39, 0.29) is 5.56 Å². The SMILES string of the molecule is CC(C)(N)Cc1cc(F)c(O)c(C#N)c1. The molecule has 0 aliphatic carbocycles. The molecule has 0 amide bonds. The van der Waals surface area contributed by atoms with E-state index in [1.54, 1.807) is 6.07 Å². The van der Waals surface area contributed by atoms with E-state index in [4.69, 9.17) is 11.0 Å². The summed E-state index contributed by atoms with van der Waals surface area (Å²) >= 11 is 0. The third-order valence-corrected chi connectivity index (χ3v) is 1.90. The number of phenolic OH excluding ortho intramolecular Hbond substituents is 1. The molecule has 1 aromatic carbocycles. The van der Waals surface area contributed by atoms with E-state index in [9.17, 15) is 9.50 Å². The van der Waals surface area contributed by atoms with Gasteiger partial charge in [-0.25, -0.2) is 4.39 Å². The first-order valence-corrected chi connectivity index (χ1v) is 4.54. The first kappa shape index (κ1) is 11.5. The molecule has 80 valence electrons. The molecule has 0 aliphatic heterocycles. The number of rotatable bonds is 2. The molecule has 0 spiro atoms. The van der Waals surface area contributed by atoms with E-state index >= 15 is 0 Å². The minimum absolute atomic E-state index is 0.0609. The summed E-state index contributed by atoms with van der Waals surface area (Å²) in [5.41, 5.74) is 5.85. The van der Waals surface area contributed by atoms with Crippen molar-refractivity contribution in [3.8, 4) is 11.8 Å². The Hall–Kier alpha value is -1.60. The largest absolute Gasteiger partial charge is 0.504 e. The van der Waals surface area contributed by atoms with Crippen LogP contribution in [0, 0.1) is 17.1 Å². The molecule has 15 heavy (non-hydrogen) atoms. The van der Waals surface area contributed by atoms with Crippen LogP contribution in [0.15, 0.2) is 12.1 Å². The molecule has 0 aliphatic rings. The molecule has 0 heterocycles. The Labute approximate surface area is 87.9 Å². The summed E-state index contributed by atoms with van der Waals surface area (Å²) in [5.74, 6) is -1.38. The molecular weight excluding hydrogens is 195 g/mol.